The van der Waals surface area contributed by atoms with Crippen molar-refractivity contribution in [2.24, 2.45) is 5.92 Å². The minimum atomic E-state index is -0.789. The number of hydrogen-bond acceptors (Lipinski definition) is 6. The van der Waals surface area contributed by atoms with Crippen LogP contribution in [0.3, 0.4) is 0 Å². The van der Waals surface area contributed by atoms with Gasteiger partial charge in [0.15, 0.2) is 11.5 Å². The molecule has 0 bridgehead atoms. The lowest BCUT2D eigenvalue weighted by Crippen LogP contribution is -2.35. The number of anilines is 1. The summed E-state index contributed by atoms with van der Waals surface area (Å²) in [5, 5.41) is 2.71. The number of carbonyl (C=O) groups excluding carboxylic acids is 3. The van der Waals surface area contributed by atoms with E-state index in [-0.39, 0.29) is 28.6 Å². The molecule has 2 aromatic carbocycles. The molecule has 1 aliphatic heterocycles. The van der Waals surface area contributed by atoms with Gasteiger partial charge in [-0.05, 0) is 55.9 Å². The number of thioether (sulfide) groups is 1. The van der Waals surface area contributed by atoms with E-state index in [0.717, 1.165) is 23.8 Å². The van der Waals surface area contributed by atoms with E-state index in [1.54, 1.807) is 18.2 Å². The zero-order valence-corrected chi connectivity index (χ0v) is 19.5. The SMILES string of the molecule is CCOc1cc(C(CSC)N2C(=O)c3c(F)ccc(NC(=O)C4CC4)c3C2=O)ccc1OC. The van der Waals surface area contributed by atoms with Crippen LogP contribution in [0.15, 0.2) is 30.3 Å². The third-order valence-corrected chi connectivity index (χ3v) is 6.38. The Balaban J connectivity index is 1.74. The van der Waals surface area contributed by atoms with Crippen LogP contribution in [0, 0.1) is 11.7 Å². The fraction of sp³-hybridized carbons (Fsp3) is 0.375. The molecule has 2 aliphatic rings. The predicted octanol–water partition coefficient (Wildman–Crippen LogP) is 4.28. The zero-order valence-electron chi connectivity index (χ0n) is 18.6. The Kier molecular flexibility index (Phi) is 6.60. The third-order valence-electron chi connectivity index (χ3n) is 5.73. The highest BCUT2D eigenvalue weighted by molar-refractivity contribution is 7.98. The van der Waals surface area contributed by atoms with Gasteiger partial charge in [-0.1, -0.05) is 6.07 Å². The molecule has 1 saturated carbocycles. The number of benzene rings is 2. The van der Waals surface area contributed by atoms with Gasteiger partial charge in [-0.3, -0.25) is 19.3 Å². The first kappa shape index (κ1) is 23.1. The summed E-state index contributed by atoms with van der Waals surface area (Å²) < 4.78 is 25.7. The monoisotopic (exact) mass is 472 g/mol. The van der Waals surface area contributed by atoms with E-state index in [2.05, 4.69) is 5.32 Å². The summed E-state index contributed by atoms with van der Waals surface area (Å²) in [6.45, 7) is 2.26. The second-order valence-corrected chi connectivity index (χ2v) is 8.81. The molecular weight excluding hydrogens is 447 g/mol. The van der Waals surface area contributed by atoms with E-state index in [1.807, 2.05) is 13.2 Å². The maximum atomic E-state index is 14.7. The number of nitrogens with one attached hydrogen (secondary N) is 1. The van der Waals surface area contributed by atoms with Crippen molar-refractivity contribution in [3.8, 4) is 11.5 Å². The summed E-state index contributed by atoms with van der Waals surface area (Å²) in [4.78, 5) is 40.2. The first-order valence-corrected chi connectivity index (χ1v) is 12.1. The van der Waals surface area contributed by atoms with Crippen LogP contribution in [0.2, 0.25) is 0 Å². The summed E-state index contributed by atoms with van der Waals surface area (Å²) in [7, 11) is 1.53. The van der Waals surface area contributed by atoms with E-state index >= 15 is 0 Å². The second-order valence-electron chi connectivity index (χ2n) is 7.90. The standard InChI is InChI=1S/C24H25FN2O5S/c1-4-32-19-11-14(7-10-18(19)31-2)17(12-33-3)27-23(29)20-15(25)8-9-16(21(20)24(27)30)26-22(28)13-5-6-13/h7-11,13,17H,4-6,12H2,1-3H3,(H,26,28). The van der Waals surface area contributed by atoms with Gasteiger partial charge in [0.05, 0.1) is 36.6 Å². The van der Waals surface area contributed by atoms with E-state index < -0.39 is 23.7 Å². The molecule has 0 spiro atoms. The Labute approximate surface area is 195 Å². The molecule has 33 heavy (non-hydrogen) atoms. The fourth-order valence-electron chi connectivity index (χ4n) is 3.96. The number of carbonyl (C=O) groups is 3. The average Bonchev–Trinajstić information content (AvgIpc) is 3.61. The number of halogens is 1. The van der Waals surface area contributed by atoms with Gasteiger partial charge in [0.1, 0.15) is 5.82 Å². The van der Waals surface area contributed by atoms with E-state index in [0.29, 0.717) is 29.4 Å². The first-order chi connectivity index (χ1) is 15.9. The molecule has 1 unspecified atom stereocenters. The molecule has 7 nitrogen and oxygen atoms in total. The highest BCUT2D eigenvalue weighted by atomic mass is 32.2. The molecule has 0 aromatic heterocycles. The quantitative estimate of drug-likeness (QED) is 0.549. The number of rotatable bonds is 9. The largest absolute Gasteiger partial charge is 0.493 e. The summed E-state index contributed by atoms with van der Waals surface area (Å²) in [6.07, 6.45) is 3.42. The lowest BCUT2D eigenvalue weighted by molar-refractivity contribution is -0.117. The van der Waals surface area contributed by atoms with Crippen molar-refractivity contribution in [2.75, 3.05) is 31.0 Å². The molecule has 1 heterocycles. The molecule has 1 fully saturated rings. The van der Waals surface area contributed by atoms with Crippen LogP contribution in [0.1, 0.15) is 52.1 Å². The second kappa shape index (κ2) is 9.43. The highest BCUT2D eigenvalue weighted by Gasteiger charge is 2.44. The Bertz CT molecular complexity index is 1120. The van der Waals surface area contributed by atoms with Crippen LogP contribution in [0.4, 0.5) is 10.1 Å². The Morgan fingerprint density at radius 1 is 1.18 bits per heavy atom. The molecule has 9 heteroatoms. The van der Waals surface area contributed by atoms with Crippen LogP contribution >= 0.6 is 11.8 Å². The van der Waals surface area contributed by atoms with Gasteiger partial charge in [0.2, 0.25) is 5.91 Å². The van der Waals surface area contributed by atoms with Crippen molar-refractivity contribution < 1.29 is 28.2 Å². The number of ether oxygens (including phenoxy) is 2. The van der Waals surface area contributed by atoms with Gasteiger partial charge in [-0.2, -0.15) is 11.8 Å². The molecule has 2 aromatic rings. The van der Waals surface area contributed by atoms with E-state index in [9.17, 15) is 18.8 Å². The van der Waals surface area contributed by atoms with Gasteiger partial charge in [0.25, 0.3) is 11.8 Å². The van der Waals surface area contributed by atoms with Crippen molar-refractivity contribution in [2.45, 2.75) is 25.8 Å². The third kappa shape index (κ3) is 4.29. The van der Waals surface area contributed by atoms with Crippen LogP contribution in [0.5, 0.6) is 11.5 Å². The highest BCUT2D eigenvalue weighted by Crippen LogP contribution is 2.40. The minimum Gasteiger partial charge on any atom is -0.493 e. The number of imide groups is 1. The van der Waals surface area contributed by atoms with Crippen LogP contribution in [-0.2, 0) is 4.79 Å². The van der Waals surface area contributed by atoms with Crippen LogP contribution < -0.4 is 14.8 Å². The number of hydrogen-bond donors (Lipinski definition) is 1. The molecule has 1 atom stereocenters. The van der Waals surface area contributed by atoms with Crippen LogP contribution in [-0.4, -0.2) is 48.3 Å². The summed E-state index contributed by atoms with van der Waals surface area (Å²) in [6, 6.07) is 7.00. The normalized spacial score (nSPS) is 15.9. The summed E-state index contributed by atoms with van der Waals surface area (Å²) in [5.74, 6) is -1.05. The number of methoxy groups -OCH3 is 1. The zero-order chi connectivity index (χ0) is 23.7. The Hall–Kier alpha value is -3.07. The van der Waals surface area contributed by atoms with E-state index in [4.69, 9.17) is 9.47 Å². The molecule has 0 radical (unpaired) electrons. The molecule has 1 aliphatic carbocycles. The molecule has 4 rings (SSSR count). The first-order valence-electron chi connectivity index (χ1n) is 10.7. The maximum Gasteiger partial charge on any atom is 0.265 e. The minimum absolute atomic E-state index is 0.0985. The number of amides is 3. The van der Waals surface area contributed by atoms with E-state index in [1.165, 1.54) is 24.9 Å². The summed E-state index contributed by atoms with van der Waals surface area (Å²) >= 11 is 1.45. The lowest BCUT2D eigenvalue weighted by Gasteiger charge is -2.27. The summed E-state index contributed by atoms with van der Waals surface area (Å²) in [5.41, 5.74) is 0.417. The molecular formula is C24H25FN2O5S. The molecule has 3 amide bonds. The van der Waals surface area contributed by atoms with Gasteiger partial charge < -0.3 is 14.8 Å². The Morgan fingerprint density at radius 2 is 1.91 bits per heavy atom. The van der Waals surface area contributed by atoms with Gasteiger partial charge >= 0.3 is 0 Å². The number of nitrogens with zero attached hydrogens (tertiary/aromatic N) is 1. The van der Waals surface area contributed by atoms with Crippen molar-refractivity contribution in [1.29, 1.82) is 0 Å². The maximum absolute atomic E-state index is 14.7. The fourth-order valence-corrected chi connectivity index (χ4v) is 4.61. The van der Waals surface area contributed by atoms with Crippen molar-refractivity contribution in [3.63, 3.8) is 0 Å². The van der Waals surface area contributed by atoms with Crippen LogP contribution in [0.25, 0.3) is 0 Å². The molecule has 1 N–H and O–H groups in total. The molecule has 174 valence electrons. The average molecular weight is 473 g/mol. The van der Waals surface area contributed by atoms with Gasteiger partial charge in [0, 0.05) is 11.7 Å². The van der Waals surface area contributed by atoms with Crippen molar-refractivity contribution in [1.82, 2.24) is 4.90 Å². The predicted molar refractivity (Wildman–Crippen MR) is 124 cm³/mol. The lowest BCUT2D eigenvalue weighted by atomic mass is 10.1. The van der Waals surface area contributed by atoms with Crippen molar-refractivity contribution >= 4 is 35.2 Å². The topological polar surface area (TPSA) is 84.9 Å². The smallest absolute Gasteiger partial charge is 0.265 e. The van der Waals surface area contributed by atoms with Gasteiger partial charge in [-0.25, -0.2) is 4.39 Å². The van der Waals surface area contributed by atoms with Crippen molar-refractivity contribution in [3.05, 3.63) is 52.8 Å². The number of fused-ring (bicyclic) bond motifs is 1. The molecule has 0 saturated heterocycles. The Morgan fingerprint density at radius 3 is 2.55 bits per heavy atom. The van der Waals surface area contributed by atoms with Gasteiger partial charge in [-0.15, -0.1) is 0 Å².